The number of nitrogens with zero attached hydrogens (tertiary/aromatic N) is 2. The summed E-state index contributed by atoms with van der Waals surface area (Å²) in [5, 5.41) is 7.19. The van der Waals surface area contributed by atoms with Crippen LogP contribution in [-0.2, 0) is 0 Å². The lowest BCUT2D eigenvalue weighted by Gasteiger charge is -2.73. The molecule has 7 nitrogen and oxygen atoms in total. The predicted molar refractivity (Wildman–Crippen MR) is 111 cm³/mol. The van der Waals surface area contributed by atoms with E-state index in [0.29, 0.717) is 33.6 Å². The molecule has 1 amide bonds. The van der Waals surface area contributed by atoms with E-state index in [0.717, 1.165) is 35.1 Å². The highest BCUT2D eigenvalue weighted by molar-refractivity contribution is 6.33. The molecule has 4 saturated carbocycles. The number of aromatic amines is 1. The summed E-state index contributed by atoms with van der Waals surface area (Å²) in [5.74, 6) is 2.55. The van der Waals surface area contributed by atoms with Crippen molar-refractivity contribution in [2.45, 2.75) is 38.5 Å². The van der Waals surface area contributed by atoms with Crippen LogP contribution in [0.4, 0.5) is 0 Å². The molecule has 6 rings (SSSR count). The SMILES string of the molecule is O=C(NCCC12CC3CC4CC(C1)C42C3)c1cc(-n2ncc(=O)[nH]c2=O)ccc1Cl. The summed E-state index contributed by atoms with van der Waals surface area (Å²) >= 11 is 6.26. The van der Waals surface area contributed by atoms with Crippen molar-refractivity contribution in [1.29, 1.82) is 0 Å². The summed E-state index contributed by atoms with van der Waals surface area (Å²) in [6, 6.07) is 4.68. The molecule has 1 aromatic carbocycles. The fourth-order valence-corrected chi connectivity index (χ4v) is 7.91. The molecule has 4 aliphatic carbocycles. The lowest BCUT2D eigenvalue weighted by Crippen LogP contribution is -2.66. The molecule has 4 aliphatic rings. The first-order valence-electron chi connectivity index (χ1n) is 10.7. The molecule has 8 heteroatoms. The number of aromatic nitrogens is 3. The number of benzene rings is 1. The number of hydrogen-bond acceptors (Lipinski definition) is 4. The minimum Gasteiger partial charge on any atom is -0.352 e. The van der Waals surface area contributed by atoms with Gasteiger partial charge in [0.2, 0.25) is 0 Å². The molecule has 2 N–H and O–H groups in total. The zero-order valence-corrected chi connectivity index (χ0v) is 17.2. The molecule has 1 spiro atoms. The third kappa shape index (κ3) is 2.27. The number of carbonyl (C=O) groups excluding carboxylic acids is 1. The van der Waals surface area contributed by atoms with E-state index in [4.69, 9.17) is 11.6 Å². The van der Waals surface area contributed by atoms with Gasteiger partial charge in [0.15, 0.2) is 0 Å². The molecule has 5 unspecified atom stereocenters. The maximum absolute atomic E-state index is 12.8. The Balaban J connectivity index is 1.17. The quantitative estimate of drug-likeness (QED) is 0.767. The summed E-state index contributed by atoms with van der Waals surface area (Å²) in [4.78, 5) is 38.2. The molecule has 2 aromatic rings. The van der Waals surface area contributed by atoms with Gasteiger partial charge in [-0.25, -0.2) is 4.79 Å². The predicted octanol–water partition coefficient (Wildman–Crippen LogP) is 2.52. The lowest BCUT2D eigenvalue weighted by atomic mass is 9.31. The van der Waals surface area contributed by atoms with Crippen LogP contribution in [0.1, 0.15) is 48.9 Å². The van der Waals surface area contributed by atoms with Gasteiger partial charge in [-0.2, -0.15) is 9.78 Å². The Kier molecular flexibility index (Phi) is 3.71. The average molecular weight is 427 g/mol. The topological polar surface area (TPSA) is 96.8 Å². The van der Waals surface area contributed by atoms with Gasteiger partial charge in [-0.05, 0) is 85.3 Å². The van der Waals surface area contributed by atoms with Gasteiger partial charge in [-0.15, -0.1) is 0 Å². The highest BCUT2D eigenvalue weighted by Gasteiger charge is 2.79. The normalized spacial score (nSPS) is 34.8. The fraction of sp³-hybridized carbons (Fsp3) is 0.545. The van der Waals surface area contributed by atoms with Crippen molar-refractivity contribution in [3.8, 4) is 5.69 Å². The highest BCUT2D eigenvalue weighted by Crippen LogP contribution is 2.87. The molecule has 0 aliphatic heterocycles. The molecular weight excluding hydrogens is 404 g/mol. The van der Waals surface area contributed by atoms with Crippen LogP contribution < -0.4 is 16.6 Å². The molecule has 5 atom stereocenters. The minimum absolute atomic E-state index is 0.252. The van der Waals surface area contributed by atoms with E-state index in [1.807, 2.05) is 0 Å². The van der Waals surface area contributed by atoms with Gasteiger partial charge < -0.3 is 5.32 Å². The first-order chi connectivity index (χ1) is 14.4. The Bertz CT molecular complexity index is 1190. The number of hydrogen-bond donors (Lipinski definition) is 2. The largest absolute Gasteiger partial charge is 0.352 e. The molecule has 2 bridgehead atoms. The molecule has 156 valence electrons. The minimum atomic E-state index is -0.666. The van der Waals surface area contributed by atoms with E-state index in [2.05, 4.69) is 15.4 Å². The first-order valence-corrected chi connectivity index (χ1v) is 11.1. The van der Waals surface area contributed by atoms with Crippen LogP contribution in [0.5, 0.6) is 0 Å². The van der Waals surface area contributed by atoms with Gasteiger partial charge in [-0.1, -0.05) is 11.6 Å². The van der Waals surface area contributed by atoms with Crippen molar-refractivity contribution >= 4 is 17.5 Å². The third-order valence-corrected chi connectivity index (χ3v) is 8.95. The zero-order valence-electron chi connectivity index (χ0n) is 16.5. The van der Waals surface area contributed by atoms with E-state index in [-0.39, 0.29) is 5.91 Å². The van der Waals surface area contributed by atoms with Crippen LogP contribution in [0.2, 0.25) is 5.02 Å². The van der Waals surface area contributed by atoms with Gasteiger partial charge in [0.05, 0.1) is 16.3 Å². The van der Waals surface area contributed by atoms with Gasteiger partial charge in [-0.3, -0.25) is 14.6 Å². The first kappa shape index (κ1) is 18.4. The van der Waals surface area contributed by atoms with Crippen LogP contribution in [0.15, 0.2) is 34.0 Å². The van der Waals surface area contributed by atoms with Crippen LogP contribution in [-0.4, -0.2) is 27.2 Å². The second kappa shape index (κ2) is 6.06. The summed E-state index contributed by atoms with van der Waals surface area (Å²) in [5.41, 5.74) is 0.489. The van der Waals surface area contributed by atoms with E-state index in [9.17, 15) is 14.4 Å². The van der Waals surface area contributed by atoms with Crippen molar-refractivity contribution in [2.75, 3.05) is 6.54 Å². The van der Waals surface area contributed by atoms with E-state index < -0.39 is 11.2 Å². The summed E-state index contributed by atoms with van der Waals surface area (Å²) in [6.07, 6.45) is 9.03. The average Bonchev–Trinajstić information content (AvgIpc) is 3.18. The maximum atomic E-state index is 12.8. The van der Waals surface area contributed by atoms with Crippen LogP contribution >= 0.6 is 11.6 Å². The molecule has 0 radical (unpaired) electrons. The second-order valence-electron chi connectivity index (χ2n) is 9.69. The lowest BCUT2D eigenvalue weighted by molar-refractivity contribution is -0.246. The Labute approximate surface area is 177 Å². The van der Waals surface area contributed by atoms with E-state index in [1.54, 1.807) is 12.1 Å². The van der Waals surface area contributed by atoms with Crippen molar-refractivity contribution in [1.82, 2.24) is 20.1 Å². The Hall–Kier alpha value is -2.41. The fourth-order valence-electron chi connectivity index (χ4n) is 7.70. The number of amides is 1. The van der Waals surface area contributed by atoms with Crippen molar-refractivity contribution in [3.63, 3.8) is 0 Å². The molecule has 1 aromatic heterocycles. The van der Waals surface area contributed by atoms with Gasteiger partial charge in [0, 0.05) is 6.54 Å². The van der Waals surface area contributed by atoms with Gasteiger partial charge in [0.1, 0.15) is 6.20 Å². The Morgan fingerprint density at radius 1 is 1.23 bits per heavy atom. The number of nitrogens with one attached hydrogen (secondary N) is 2. The molecule has 4 fully saturated rings. The number of rotatable bonds is 5. The van der Waals surface area contributed by atoms with Crippen LogP contribution in [0.25, 0.3) is 5.69 Å². The Morgan fingerprint density at radius 3 is 2.87 bits per heavy atom. The van der Waals surface area contributed by atoms with Crippen molar-refractivity contribution in [2.24, 2.45) is 28.6 Å². The van der Waals surface area contributed by atoms with Crippen molar-refractivity contribution < 1.29 is 4.79 Å². The molecular formula is C22H23ClN4O3. The second-order valence-corrected chi connectivity index (χ2v) is 10.1. The van der Waals surface area contributed by atoms with E-state index in [1.165, 1.54) is 38.2 Å². The molecule has 0 saturated heterocycles. The number of H-pyrrole nitrogens is 1. The number of fused-ring (bicyclic) bond motifs is 1. The van der Waals surface area contributed by atoms with Crippen molar-refractivity contribution in [3.05, 3.63) is 55.8 Å². The summed E-state index contributed by atoms with van der Waals surface area (Å²) in [6.45, 7) is 0.643. The Morgan fingerprint density at radius 2 is 2.10 bits per heavy atom. The van der Waals surface area contributed by atoms with Crippen LogP contribution in [0.3, 0.4) is 0 Å². The standard InChI is InChI=1S/C22H23ClN4O3/c23-17-2-1-15(27-20(30)26-18(28)11-25-27)7-16(17)19(29)24-4-3-21-8-12-5-13-6-14(10-21)22(13,21)9-12/h1-2,7,11-14H,3-6,8-10H2,(H,24,29)(H,26,28,30). The monoisotopic (exact) mass is 426 g/mol. The third-order valence-electron chi connectivity index (χ3n) is 8.62. The van der Waals surface area contributed by atoms with Gasteiger partial charge >= 0.3 is 5.69 Å². The molecule has 1 heterocycles. The number of carbonyl (C=O) groups is 1. The highest BCUT2D eigenvalue weighted by atomic mass is 35.5. The zero-order chi connectivity index (χ0) is 20.7. The van der Waals surface area contributed by atoms with Crippen LogP contribution in [0, 0.1) is 28.6 Å². The number of halogens is 1. The molecule has 30 heavy (non-hydrogen) atoms. The summed E-state index contributed by atoms with van der Waals surface area (Å²) in [7, 11) is 0. The van der Waals surface area contributed by atoms with Gasteiger partial charge in [0.25, 0.3) is 11.5 Å². The maximum Gasteiger partial charge on any atom is 0.349 e. The smallest absolute Gasteiger partial charge is 0.349 e. The van der Waals surface area contributed by atoms with E-state index >= 15 is 0 Å². The summed E-state index contributed by atoms with van der Waals surface area (Å²) < 4.78 is 1.03.